The lowest BCUT2D eigenvalue weighted by Gasteiger charge is -2.04. The molecule has 0 aliphatic heterocycles. The number of aromatic nitrogens is 1. The van der Waals surface area contributed by atoms with Crippen LogP contribution in [-0.4, -0.2) is 4.98 Å². The van der Waals surface area contributed by atoms with Crippen LogP contribution < -0.4 is 0 Å². The van der Waals surface area contributed by atoms with Gasteiger partial charge in [-0.1, -0.05) is 23.2 Å². The summed E-state index contributed by atoms with van der Waals surface area (Å²) in [5.74, 6) is 0. The number of benzene rings is 1. The van der Waals surface area contributed by atoms with Gasteiger partial charge in [-0.25, -0.2) is 0 Å². The van der Waals surface area contributed by atoms with Crippen molar-refractivity contribution in [2.45, 2.75) is 6.92 Å². The summed E-state index contributed by atoms with van der Waals surface area (Å²) in [7, 11) is 0. The molecule has 0 N–H and O–H groups in total. The Morgan fingerprint density at radius 3 is 2.71 bits per heavy atom. The van der Waals surface area contributed by atoms with Crippen LogP contribution in [0, 0.1) is 10.5 Å². The van der Waals surface area contributed by atoms with Crippen molar-refractivity contribution >= 4 is 56.7 Å². The molecular formula is C10H6Cl2IN. The van der Waals surface area contributed by atoms with Crippen molar-refractivity contribution in [3.05, 3.63) is 37.5 Å². The van der Waals surface area contributed by atoms with E-state index in [1.165, 1.54) is 0 Å². The van der Waals surface area contributed by atoms with Crippen molar-refractivity contribution in [3.63, 3.8) is 0 Å². The molecule has 0 amide bonds. The maximum Gasteiger partial charge on any atom is 0.0732 e. The molecule has 0 spiro atoms. The molecule has 2 rings (SSSR count). The number of halogens is 3. The van der Waals surface area contributed by atoms with Gasteiger partial charge in [-0.3, -0.25) is 4.98 Å². The van der Waals surface area contributed by atoms with Gasteiger partial charge in [-0.15, -0.1) is 0 Å². The van der Waals surface area contributed by atoms with Gasteiger partial charge < -0.3 is 0 Å². The van der Waals surface area contributed by atoms with Gasteiger partial charge in [0.2, 0.25) is 0 Å². The molecule has 4 heteroatoms. The Bertz CT molecular complexity index is 511. The summed E-state index contributed by atoms with van der Waals surface area (Å²) in [6.07, 6.45) is 1.75. The fourth-order valence-corrected chi connectivity index (χ4v) is 2.05. The molecule has 1 aromatic carbocycles. The molecule has 2 aromatic rings. The molecule has 0 unspecified atom stereocenters. The molecule has 0 aliphatic carbocycles. The summed E-state index contributed by atoms with van der Waals surface area (Å²) in [5.41, 5.74) is 1.86. The molecule has 0 radical (unpaired) electrons. The van der Waals surface area contributed by atoms with E-state index >= 15 is 0 Å². The predicted molar refractivity (Wildman–Crippen MR) is 69.2 cm³/mol. The van der Waals surface area contributed by atoms with Crippen LogP contribution in [0.1, 0.15) is 5.56 Å². The van der Waals surface area contributed by atoms with Crippen molar-refractivity contribution in [2.75, 3.05) is 0 Å². The van der Waals surface area contributed by atoms with Crippen LogP contribution in [0.15, 0.2) is 18.3 Å². The van der Waals surface area contributed by atoms with Crippen molar-refractivity contribution in [2.24, 2.45) is 0 Å². The molecule has 0 aliphatic rings. The largest absolute Gasteiger partial charge is 0.255 e. The molecule has 1 aromatic heterocycles. The van der Waals surface area contributed by atoms with Crippen molar-refractivity contribution < 1.29 is 0 Å². The molecule has 0 saturated carbocycles. The van der Waals surface area contributed by atoms with Crippen molar-refractivity contribution in [1.82, 2.24) is 4.98 Å². The van der Waals surface area contributed by atoms with Crippen LogP contribution in [0.5, 0.6) is 0 Å². The first-order chi connectivity index (χ1) is 6.59. The first-order valence-corrected chi connectivity index (χ1v) is 5.83. The van der Waals surface area contributed by atoms with E-state index in [0.717, 1.165) is 30.1 Å². The van der Waals surface area contributed by atoms with Gasteiger partial charge in [-0.2, -0.15) is 0 Å². The predicted octanol–water partition coefficient (Wildman–Crippen LogP) is 4.45. The van der Waals surface area contributed by atoms with Crippen molar-refractivity contribution in [1.29, 1.82) is 0 Å². The Kier molecular flexibility index (Phi) is 2.86. The summed E-state index contributed by atoms with van der Waals surface area (Å²) in [4.78, 5) is 4.27. The summed E-state index contributed by atoms with van der Waals surface area (Å²) in [5, 5.41) is 2.43. The minimum absolute atomic E-state index is 0.724. The van der Waals surface area contributed by atoms with Gasteiger partial charge in [0.25, 0.3) is 0 Å². The van der Waals surface area contributed by atoms with Gasteiger partial charge in [-0.05, 0) is 47.2 Å². The number of aryl methyl sites for hydroxylation is 1. The number of hydrogen-bond acceptors (Lipinski definition) is 1. The van der Waals surface area contributed by atoms with E-state index in [-0.39, 0.29) is 0 Å². The highest BCUT2D eigenvalue weighted by atomic mass is 127. The Balaban J connectivity index is 2.89. The van der Waals surface area contributed by atoms with Crippen LogP contribution in [0.25, 0.3) is 10.9 Å². The van der Waals surface area contributed by atoms with E-state index in [1.807, 2.05) is 19.1 Å². The maximum absolute atomic E-state index is 6.16. The van der Waals surface area contributed by atoms with Crippen LogP contribution in [0.3, 0.4) is 0 Å². The zero-order valence-corrected chi connectivity index (χ0v) is 11.0. The topological polar surface area (TPSA) is 12.9 Å². The minimum Gasteiger partial charge on any atom is -0.255 e. The highest BCUT2D eigenvalue weighted by molar-refractivity contribution is 14.1. The molecule has 1 heterocycles. The van der Waals surface area contributed by atoms with Crippen LogP contribution in [0.2, 0.25) is 10.0 Å². The lowest BCUT2D eigenvalue weighted by Crippen LogP contribution is -1.85. The number of fused-ring (bicyclic) bond motifs is 1. The Hall–Kier alpha value is -0.0600. The average molecular weight is 338 g/mol. The highest BCUT2D eigenvalue weighted by Crippen LogP contribution is 2.30. The van der Waals surface area contributed by atoms with E-state index in [9.17, 15) is 0 Å². The number of pyridine rings is 1. The normalized spacial score (nSPS) is 10.9. The molecule has 0 bridgehead atoms. The molecule has 72 valence electrons. The first kappa shape index (κ1) is 10.5. The molecule has 0 atom stereocenters. The third-order valence-corrected chi connectivity index (χ3v) is 3.99. The van der Waals surface area contributed by atoms with Crippen molar-refractivity contribution in [3.8, 4) is 0 Å². The van der Waals surface area contributed by atoms with E-state index in [4.69, 9.17) is 23.2 Å². The molecule has 1 nitrogen and oxygen atoms in total. The summed E-state index contributed by atoms with van der Waals surface area (Å²) in [6.45, 7) is 1.96. The molecular weight excluding hydrogens is 332 g/mol. The van der Waals surface area contributed by atoms with Gasteiger partial charge in [0.05, 0.1) is 14.1 Å². The Morgan fingerprint density at radius 1 is 1.29 bits per heavy atom. The maximum atomic E-state index is 6.16. The molecule has 14 heavy (non-hydrogen) atoms. The minimum atomic E-state index is 0.724. The quantitative estimate of drug-likeness (QED) is 0.647. The monoisotopic (exact) mass is 337 g/mol. The second-order valence-corrected chi connectivity index (χ2v) is 4.99. The van der Waals surface area contributed by atoms with E-state index in [2.05, 4.69) is 27.6 Å². The average Bonchev–Trinajstić information content (AvgIpc) is 2.15. The van der Waals surface area contributed by atoms with E-state index < -0.39 is 0 Å². The SMILES string of the molecule is Cc1cc2c(Cl)c(I)cnc2cc1Cl. The van der Waals surface area contributed by atoms with Crippen LogP contribution >= 0.6 is 45.8 Å². The van der Waals surface area contributed by atoms with E-state index in [1.54, 1.807) is 6.20 Å². The molecule has 0 saturated heterocycles. The smallest absolute Gasteiger partial charge is 0.0732 e. The third-order valence-electron chi connectivity index (χ3n) is 2.04. The van der Waals surface area contributed by atoms with Crippen LogP contribution in [0.4, 0.5) is 0 Å². The Morgan fingerprint density at radius 2 is 2.00 bits per heavy atom. The number of nitrogens with zero attached hydrogens (tertiary/aromatic N) is 1. The fraction of sp³-hybridized carbons (Fsp3) is 0.100. The van der Waals surface area contributed by atoms with Gasteiger partial charge >= 0.3 is 0 Å². The summed E-state index contributed by atoms with van der Waals surface area (Å²) >= 11 is 14.3. The summed E-state index contributed by atoms with van der Waals surface area (Å²) < 4.78 is 0.957. The number of rotatable bonds is 0. The second kappa shape index (κ2) is 3.83. The second-order valence-electron chi connectivity index (χ2n) is 3.04. The molecule has 0 fully saturated rings. The van der Waals surface area contributed by atoms with Gasteiger partial charge in [0.15, 0.2) is 0 Å². The lowest BCUT2D eigenvalue weighted by atomic mass is 10.1. The van der Waals surface area contributed by atoms with Gasteiger partial charge in [0, 0.05) is 16.6 Å². The van der Waals surface area contributed by atoms with Crippen LogP contribution in [-0.2, 0) is 0 Å². The lowest BCUT2D eigenvalue weighted by molar-refractivity contribution is 1.37. The van der Waals surface area contributed by atoms with Gasteiger partial charge in [0.1, 0.15) is 0 Å². The first-order valence-electron chi connectivity index (χ1n) is 3.99. The number of hydrogen-bond donors (Lipinski definition) is 0. The zero-order valence-electron chi connectivity index (χ0n) is 7.31. The summed E-state index contributed by atoms with van der Waals surface area (Å²) in [6, 6.07) is 3.81. The fourth-order valence-electron chi connectivity index (χ4n) is 1.27. The van der Waals surface area contributed by atoms with E-state index in [0.29, 0.717) is 0 Å². The standard InChI is InChI=1S/C10H6Cl2IN/c1-5-2-6-9(3-7(5)11)14-4-8(13)10(6)12/h2-4H,1H3. The third kappa shape index (κ3) is 1.71. The Labute approximate surface area is 106 Å². The highest BCUT2D eigenvalue weighted by Gasteiger charge is 2.06. The zero-order chi connectivity index (χ0) is 10.3.